The van der Waals surface area contributed by atoms with Crippen molar-refractivity contribution in [1.82, 2.24) is 9.97 Å². The molecule has 18 heavy (non-hydrogen) atoms. The zero-order valence-corrected chi connectivity index (χ0v) is 12.9. The van der Waals surface area contributed by atoms with Crippen molar-refractivity contribution in [3.05, 3.63) is 38.4 Å². The summed E-state index contributed by atoms with van der Waals surface area (Å²) >= 11 is 5.16. The maximum Gasteiger partial charge on any atom is 0.132 e. The van der Waals surface area contributed by atoms with E-state index in [1.54, 1.807) is 11.3 Å². The maximum absolute atomic E-state index is 4.50. The van der Waals surface area contributed by atoms with Crippen molar-refractivity contribution in [3.63, 3.8) is 0 Å². The van der Waals surface area contributed by atoms with Crippen LogP contribution in [0.3, 0.4) is 0 Å². The zero-order chi connectivity index (χ0) is 13.0. The molecule has 1 N–H and O–H groups in total. The van der Waals surface area contributed by atoms with E-state index in [1.807, 2.05) is 6.07 Å². The lowest BCUT2D eigenvalue weighted by Gasteiger charge is -2.07. The highest BCUT2D eigenvalue weighted by atomic mass is 79.9. The third-order valence-corrected chi connectivity index (χ3v) is 3.95. The van der Waals surface area contributed by atoms with Crippen molar-refractivity contribution in [3.8, 4) is 0 Å². The summed E-state index contributed by atoms with van der Waals surface area (Å²) in [6.07, 6.45) is 1.96. The molecule has 0 amide bonds. The highest BCUT2D eigenvalue weighted by molar-refractivity contribution is 9.10. The second kappa shape index (κ2) is 6.29. The Morgan fingerprint density at radius 1 is 1.33 bits per heavy atom. The van der Waals surface area contributed by atoms with Crippen LogP contribution in [0.1, 0.15) is 30.3 Å². The number of halogens is 1. The fraction of sp³-hybridized carbons (Fsp3) is 0.385. The van der Waals surface area contributed by atoms with Crippen LogP contribution in [0, 0.1) is 6.92 Å². The molecule has 2 heterocycles. The maximum atomic E-state index is 4.50. The summed E-state index contributed by atoms with van der Waals surface area (Å²) in [5.74, 6) is 1.77. The summed E-state index contributed by atoms with van der Waals surface area (Å²) in [6, 6.07) is 1.92. The van der Waals surface area contributed by atoms with Crippen LogP contribution >= 0.6 is 27.3 Å². The fourth-order valence-corrected chi connectivity index (χ4v) is 2.92. The molecule has 0 fully saturated rings. The summed E-state index contributed by atoms with van der Waals surface area (Å²) in [5.41, 5.74) is 2.65. The van der Waals surface area contributed by atoms with Gasteiger partial charge < -0.3 is 5.32 Å². The Morgan fingerprint density at radius 2 is 2.17 bits per heavy atom. The van der Waals surface area contributed by atoms with E-state index in [2.05, 4.69) is 55.8 Å². The topological polar surface area (TPSA) is 37.8 Å². The number of thiophene rings is 1. The summed E-state index contributed by atoms with van der Waals surface area (Å²) in [6.45, 7) is 5.07. The van der Waals surface area contributed by atoms with Crippen molar-refractivity contribution in [2.75, 3.05) is 5.32 Å². The summed E-state index contributed by atoms with van der Waals surface area (Å²) in [4.78, 5) is 8.86. The van der Waals surface area contributed by atoms with Gasteiger partial charge in [-0.2, -0.15) is 11.3 Å². The van der Waals surface area contributed by atoms with Crippen molar-refractivity contribution >= 4 is 33.1 Å². The first-order chi connectivity index (χ1) is 8.69. The van der Waals surface area contributed by atoms with Gasteiger partial charge in [-0.3, -0.25) is 0 Å². The lowest BCUT2D eigenvalue weighted by molar-refractivity contribution is 0.828. The summed E-state index contributed by atoms with van der Waals surface area (Å²) in [5, 5.41) is 7.69. The lowest BCUT2D eigenvalue weighted by atomic mass is 10.2. The number of nitrogens with one attached hydrogen (secondary N) is 1. The molecule has 2 aromatic heterocycles. The minimum atomic E-state index is 0.810. The van der Waals surface area contributed by atoms with E-state index >= 15 is 0 Å². The molecule has 0 saturated carbocycles. The van der Waals surface area contributed by atoms with E-state index in [9.17, 15) is 0 Å². The standard InChI is InChI=1S/C13H16BrN3S/c1-3-4-12-16-11(14)5-13(17-12)15-6-10-8-18-7-9(10)2/h5,7-8H,3-4,6H2,1-2H3,(H,15,16,17). The van der Waals surface area contributed by atoms with Gasteiger partial charge in [0.1, 0.15) is 16.2 Å². The molecule has 0 aromatic carbocycles. The van der Waals surface area contributed by atoms with E-state index < -0.39 is 0 Å². The molecular formula is C13H16BrN3S. The number of rotatable bonds is 5. The first-order valence-electron chi connectivity index (χ1n) is 5.98. The largest absolute Gasteiger partial charge is 0.366 e. The van der Waals surface area contributed by atoms with Crippen molar-refractivity contribution in [2.24, 2.45) is 0 Å². The second-order valence-electron chi connectivity index (χ2n) is 4.18. The summed E-state index contributed by atoms with van der Waals surface area (Å²) < 4.78 is 0.838. The molecule has 0 saturated heterocycles. The molecule has 0 spiro atoms. The molecule has 96 valence electrons. The molecule has 3 nitrogen and oxygen atoms in total. The smallest absolute Gasteiger partial charge is 0.132 e. The van der Waals surface area contributed by atoms with E-state index in [0.29, 0.717) is 0 Å². The predicted molar refractivity (Wildman–Crippen MR) is 80.1 cm³/mol. The molecule has 0 bridgehead atoms. The van der Waals surface area contributed by atoms with Gasteiger partial charge in [0, 0.05) is 19.0 Å². The van der Waals surface area contributed by atoms with E-state index in [1.165, 1.54) is 11.1 Å². The number of aromatic nitrogens is 2. The first kappa shape index (κ1) is 13.5. The van der Waals surface area contributed by atoms with Crippen LogP contribution in [0.15, 0.2) is 21.4 Å². The predicted octanol–water partition coefficient (Wildman–Crippen LogP) is 4.17. The van der Waals surface area contributed by atoms with Gasteiger partial charge in [-0.05, 0) is 51.2 Å². The molecule has 0 aliphatic heterocycles. The van der Waals surface area contributed by atoms with Gasteiger partial charge in [-0.15, -0.1) is 0 Å². The van der Waals surface area contributed by atoms with Gasteiger partial charge in [-0.1, -0.05) is 6.92 Å². The van der Waals surface area contributed by atoms with Crippen LogP contribution in [0.25, 0.3) is 0 Å². The van der Waals surface area contributed by atoms with E-state index in [4.69, 9.17) is 0 Å². The average Bonchev–Trinajstić information content (AvgIpc) is 2.72. The minimum Gasteiger partial charge on any atom is -0.366 e. The van der Waals surface area contributed by atoms with Crippen LogP contribution in [-0.4, -0.2) is 9.97 Å². The Labute approximate surface area is 120 Å². The van der Waals surface area contributed by atoms with Crippen LogP contribution in [0.4, 0.5) is 5.82 Å². The third-order valence-electron chi connectivity index (χ3n) is 2.64. The third kappa shape index (κ3) is 3.53. The molecule has 0 aliphatic carbocycles. The summed E-state index contributed by atoms with van der Waals surface area (Å²) in [7, 11) is 0. The highest BCUT2D eigenvalue weighted by Crippen LogP contribution is 2.17. The van der Waals surface area contributed by atoms with Gasteiger partial charge in [0.25, 0.3) is 0 Å². The zero-order valence-electron chi connectivity index (χ0n) is 10.5. The molecule has 2 aromatic rings. The number of hydrogen-bond acceptors (Lipinski definition) is 4. The van der Waals surface area contributed by atoms with Crippen LogP contribution in [0.5, 0.6) is 0 Å². The SMILES string of the molecule is CCCc1nc(Br)cc(NCc2cscc2C)n1. The molecule has 0 unspecified atom stereocenters. The Balaban J connectivity index is 2.07. The van der Waals surface area contributed by atoms with Gasteiger partial charge in [0.05, 0.1) is 0 Å². The first-order valence-corrected chi connectivity index (χ1v) is 7.71. The van der Waals surface area contributed by atoms with Gasteiger partial charge >= 0.3 is 0 Å². The van der Waals surface area contributed by atoms with Crippen LogP contribution < -0.4 is 5.32 Å². The van der Waals surface area contributed by atoms with Crippen LogP contribution in [-0.2, 0) is 13.0 Å². The number of hydrogen-bond donors (Lipinski definition) is 1. The number of aryl methyl sites for hydroxylation is 2. The minimum absolute atomic E-state index is 0.810. The average molecular weight is 326 g/mol. The molecule has 0 aliphatic rings. The Hall–Kier alpha value is -0.940. The normalized spacial score (nSPS) is 10.6. The van der Waals surface area contributed by atoms with E-state index in [-0.39, 0.29) is 0 Å². The van der Waals surface area contributed by atoms with E-state index in [0.717, 1.165) is 35.6 Å². The monoisotopic (exact) mass is 325 g/mol. The molecule has 5 heteroatoms. The molecule has 0 radical (unpaired) electrons. The molecule has 0 atom stereocenters. The van der Waals surface area contributed by atoms with Crippen molar-refractivity contribution < 1.29 is 0 Å². The number of anilines is 1. The highest BCUT2D eigenvalue weighted by Gasteiger charge is 2.04. The Morgan fingerprint density at radius 3 is 2.83 bits per heavy atom. The fourth-order valence-electron chi connectivity index (χ4n) is 1.64. The number of nitrogens with zero attached hydrogens (tertiary/aromatic N) is 2. The Bertz CT molecular complexity index is 525. The second-order valence-corrected chi connectivity index (χ2v) is 5.73. The molecular weight excluding hydrogens is 310 g/mol. The molecule has 2 rings (SSSR count). The van der Waals surface area contributed by atoms with Crippen LogP contribution in [0.2, 0.25) is 0 Å². The van der Waals surface area contributed by atoms with Crippen molar-refractivity contribution in [2.45, 2.75) is 33.2 Å². The van der Waals surface area contributed by atoms with Gasteiger partial charge in [0.15, 0.2) is 0 Å². The van der Waals surface area contributed by atoms with Gasteiger partial charge in [-0.25, -0.2) is 9.97 Å². The lowest BCUT2D eigenvalue weighted by Crippen LogP contribution is -2.05. The van der Waals surface area contributed by atoms with Gasteiger partial charge in [0.2, 0.25) is 0 Å². The Kier molecular flexibility index (Phi) is 4.72. The van der Waals surface area contributed by atoms with Crippen molar-refractivity contribution in [1.29, 1.82) is 0 Å². The quantitative estimate of drug-likeness (QED) is 0.838.